The number of nitrogens with zero attached hydrogens (tertiary/aromatic N) is 2. The number of nitrogens with two attached hydrogens (primary N) is 1. The van der Waals surface area contributed by atoms with Gasteiger partial charge in [-0.25, -0.2) is 4.99 Å². The molecule has 1 fully saturated rings. The summed E-state index contributed by atoms with van der Waals surface area (Å²) >= 11 is 0. The molecule has 0 aromatic heterocycles. The molecule has 3 rings (SSSR count). The first-order chi connectivity index (χ1) is 15.5. The first-order valence-electron chi connectivity index (χ1n) is 11.4. The van der Waals surface area contributed by atoms with Crippen molar-refractivity contribution in [2.24, 2.45) is 10.7 Å². The molecule has 2 aromatic carbocycles. The summed E-state index contributed by atoms with van der Waals surface area (Å²) in [4.78, 5) is 18.2. The second kappa shape index (κ2) is 14.0. The van der Waals surface area contributed by atoms with E-state index < -0.39 is 5.91 Å². The van der Waals surface area contributed by atoms with Crippen LogP contribution in [0, 0.1) is 0 Å². The van der Waals surface area contributed by atoms with Gasteiger partial charge in [0.2, 0.25) is 0 Å². The van der Waals surface area contributed by atoms with Gasteiger partial charge in [0.25, 0.3) is 5.91 Å². The van der Waals surface area contributed by atoms with Gasteiger partial charge >= 0.3 is 0 Å². The quantitative estimate of drug-likeness (QED) is 0.247. The second-order valence-electron chi connectivity index (χ2n) is 8.27. The lowest BCUT2D eigenvalue weighted by atomic mass is 9.97. The van der Waals surface area contributed by atoms with E-state index in [0.29, 0.717) is 24.4 Å². The molecule has 0 saturated carbocycles. The largest absolute Gasteiger partial charge is 0.484 e. The molecule has 33 heavy (non-hydrogen) atoms. The van der Waals surface area contributed by atoms with E-state index in [9.17, 15) is 4.79 Å². The summed E-state index contributed by atoms with van der Waals surface area (Å²) in [6, 6.07) is 19.1. The number of benzene rings is 2. The summed E-state index contributed by atoms with van der Waals surface area (Å²) in [5.74, 6) is 0.954. The SMILES string of the molecule is CCNC(=NCc1cccc(OCC(N)=O)c1)NC1CCN(Cc2ccccc2)C(C)C1.I. The van der Waals surface area contributed by atoms with Crippen LogP contribution >= 0.6 is 24.0 Å². The van der Waals surface area contributed by atoms with E-state index >= 15 is 0 Å². The highest BCUT2D eigenvalue weighted by molar-refractivity contribution is 14.0. The minimum atomic E-state index is -0.490. The highest BCUT2D eigenvalue weighted by atomic mass is 127. The predicted molar refractivity (Wildman–Crippen MR) is 144 cm³/mol. The third-order valence-corrected chi connectivity index (χ3v) is 5.63. The molecule has 0 aliphatic carbocycles. The minimum Gasteiger partial charge on any atom is -0.484 e. The van der Waals surface area contributed by atoms with Gasteiger partial charge in [0.1, 0.15) is 5.75 Å². The first-order valence-corrected chi connectivity index (χ1v) is 11.4. The number of ether oxygens (including phenoxy) is 1. The highest BCUT2D eigenvalue weighted by Gasteiger charge is 2.25. The van der Waals surface area contributed by atoms with E-state index in [1.807, 2.05) is 24.3 Å². The van der Waals surface area contributed by atoms with Crippen molar-refractivity contribution in [2.45, 2.75) is 51.9 Å². The summed E-state index contributed by atoms with van der Waals surface area (Å²) in [6.07, 6.45) is 2.16. The molecular formula is C25H36IN5O2. The Morgan fingerprint density at radius 2 is 1.94 bits per heavy atom. The lowest BCUT2D eigenvalue weighted by Gasteiger charge is -2.38. The number of amides is 1. The number of rotatable bonds is 9. The standard InChI is InChI=1S/C25H35N5O2.HI/c1-3-27-25(28-16-21-10-7-11-23(15-21)32-18-24(26)31)29-22-12-13-30(19(2)14-22)17-20-8-5-4-6-9-20;/h4-11,15,19,22H,3,12-14,16-18H2,1-2H3,(H2,26,31)(H2,27,28,29);1H. The topological polar surface area (TPSA) is 92.0 Å². The molecule has 1 heterocycles. The number of piperidine rings is 1. The first kappa shape index (κ1) is 26.9. The van der Waals surface area contributed by atoms with Crippen molar-refractivity contribution in [3.05, 3.63) is 65.7 Å². The number of carbonyl (C=O) groups is 1. The molecule has 1 aliphatic rings. The Morgan fingerprint density at radius 1 is 1.18 bits per heavy atom. The smallest absolute Gasteiger partial charge is 0.255 e. The van der Waals surface area contributed by atoms with Gasteiger partial charge in [0.05, 0.1) is 6.54 Å². The zero-order chi connectivity index (χ0) is 22.8. The molecule has 1 amide bonds. The van der Waals surface area contributed by atoms with Gasteiger partial charge in [-0.15, -0.1) is 24.0 Å². The fraction of sp³-hybridized carbons (Fsp3) is 0.440. The van der Waals surface area contributed by atoms with Gasteiger partial charge in [-0.2, -0.15) is 0 Å². The van der Waals surface area contributed by atoms with Crippen molar-refractivity contribution in [1.29, 1.82) is 0 Å². The Labute approximate surface area is 214 Å². The number of guanidine groups is 1. The Morgan fingerprint density at radius 3 is 2.64 bits per heavy atom. The maximum atomic E-state index is 10.9. The minimum absolute atomic E-state index is 0. The van der Waals surface area contributed by atoms with Crippen LogP contribution in [0.2, 0.25) is 0 Å². The molecule has 0 radical (unpaired) electrons. The Kier molecular flexibility index (Phi) is 11.5. The van der Waals surface area contributed by atoms with E-state index in [-0.39, 0.29) is 30.6 Å². The van der Waals surface area contributed by atoms with Crippen molar-refractivity contribution in [2.75, 3.05) is 19.7 Å². The lowest BCUT2D eigenvalue weighted by Crippen LogP contribution is -2.51. The Hall–Kier alpha value is -2.33. The van der Waals surface area contributed by atoms with Gasteiger partial charge in [0.15, 0.2) is 12.6 Å². The van der Waals surface area contributed by atoms with E-state index in [1.165, 1.54) is 5.56 Å². The molecule has 2 unspecified atom stereocenters. The van der Waals surface area contributed by atoms with Crippen molar-refractivity contribution in [1.82, 2.24) is 15.5 Å². The van der Waals surface area contributed by atoms with Crippen molar-refractivity contribution >= 4 is 35.8 Å². The zero-order valence-corrected chi connectivity index (χ0v) is 21.8. The molecule has 1 saturated heterocycles. The monoisotopic (exact) mass is 565 g/mol. The molecule has 2 atom stereocenters. The molecule has 4 N–H and O–H groups in total. The van der Waals surface area contributed by atoms with Gasteiger partial charge in [-0.1, -0.05) is 42.5 Å². The third kappa shape index (κ3) is 9.21. The average molecular weight is 566 g/mol. The second-order valence-corrected chi connectivity index (χ2v) is 8.27. The van der Waals surface area contributed by atoms with Crippen molar-refractivity contribution in [3.63, 3.8) is 0 Å². The molecule has 7 nitrogen and oxygen atoms in total. The molecule has 0 spiro atoms. The number of likely N-dealkylation sites (tertiary alicyclic amines) is 1. The van der Waals surface area contributed by atoms with Crippen LogP contribution in [-0.4, -0.2) is 48.5 Å². The van der Waals surface area contributed by atoms with Crippen LogP contribution < -0.4 is 21.1 Å². The van der Waals surface area contributed by atoms with Crippen LogP contribution in [0.25, 0.3) is 0 Å². The summed E-state index contributed by atoms with van der Waals surface area (Å²) in [5.41, 5.74) is 7.52. The van der Waals surface area contributed by atoms with Crippen molar-refractivity contribution in [3.8, 4) is 5.75 Å². The van der Waals surface area contributed by atoms with E-state index in [0.717, 1.165) is 44.0 Å². The van der Waals surface area contributed by atoms with Crippen LogP contribution in [0.1, 0.15) is 37.8 Å². The van der Waals surface area contributed by atoms with Crippen LogP contribution in [-0.2, 0) is 17.9 Å². The predicted octanol–water partition coefficient (Wildman–Crippen LogP) is 3.28. The van der Waals surface area contributed by atoms with E-state index in [2.05, 4.69) is 59.7 Å². The van der Waals surface area contributed by atoms with Crippen LogP contribution in [0.3, 0.4) is 0 Å². The number of aliphatic imine (C=N–C) groups is 1. The maximum absolute atomic E-state index is 10.9. The number of carbonyl (C=O) groups excluding carboxylic acids is 1. The van der Waals surface area contributed by atoms with E-state index in [1.54, 1.807) is 0 Å². The summed E-state index contributed by atoms with van der Waals surface area (Å²) in [6.45, 7) is 7.63. The van der Waals surface area contributed by atoms with Gasteiger partial charge in [-0.3, -0.25) is 9.69 Å². The van der Waals surface area contributed by atoms with Crippen LogP contribution in [0.4, 0.5) is 0 Å². The third-order valence-electron chi connectivity index (χ3n) is 5.63. The van der Waals surface area contributed by atoms with Crippen LogP contribution in [0.5, 0.6) is 5.75 Å². The molecule has 8 heteroatoms. The Bertz CT molecular complexity index is 893. The molecule has 0 bridgehead atoms. The number of nitrogens with one attached hydrogen (secondary N) is 2. The maximum Gasteiger partial charge on any atom is 0.255 e. The van der Waals surface area contributed by atoms with Gasteiger partial charge < -0.3 is 21.1 Å². The molecular weight excluding hydrogens is 529 g/mol. The fourth-order valence-corrected chi connectivity index (χ4v) is 3.98. The summed E-state index contributed by atoms with van der Waals surface area (Å²) in [5, 5.41) is 6.97. The van der Waals surface area contributed by atoms with Gasteiger partial charge in [0, 0.05) is 31.7 Å². The zero-order valence-electron chi connectivity index (χ0n) is 19.5. The average Bonchev–Trinajstić information content (AvgIpc) is 2.79. The number of hydrogen-bond acceptors (Lipinski definition) is 4. The van der Waals surface area contributed by atoms with E-state index in [4.69, 9.17) is 15.5 Å². The molecule has 1 aliphatic heterocycles. The summed E-state index contributed by atoms with van der Waals surface area (Å²) < 4.78 is 5.39. The van der Waals surface area contributed by atoms with Crippen molar-refractivity contribution < 1.29 is 9.53 Å². The summed E-state index contributed by atoms with van der Waals surface area (Å²) in [7, 11) is 0. The normalized spacial score (nSPS) is 18.8. The molecule has 2 aromatic rings. The highest BCUT2D eigenvalue weighted by Crippen LogP contribution is 2.20. The Balaban J connectivity index is 0.00000385. The lowest BCUT2D eigenvalue weighted by molar-refractivity contribution is -0.119. The molecule has 180 valence electrons. The number of hydrogen-bond donors (Lipinski definition) is 3. The number of halogens is 1. The van der Waals surface area contributed by atoms with Crippen LogP contribution in [0.15, 0.2) is 59.6 Å². The fourth-order valence-electron chi connectivity index (χ4n) is 3.98. The number of primary amides is 1. The van der Waals surface area contributed by atoms with Gasteiger partial charge in [-0.05, 0) is 49.9 Å².